The molecule has 2 aliphatic rings. The van der Waals surface area contributed by atoms with E-state index >= 15 is 0 Å². The molecule has 0 spiro atoms. The Labute approximate surface area is 119 Å². The largest absolute Gasteiger partial charge is 0.310 e. The molecule has 1 saturated carbocycles. The minimum absolute atomic E-state index is 0.657. The fourth-order valence-corrected chi connectivity index (χ4v) is 4.12. The molecule has 0 aromatic carbocycles. The summed E-state index contributed by atoms with van der Waals surface area (Å²) in [6, 6.07) is 2.23. The average molecular weight is 267 g/mol. The van der Waals surface area contributed by atoms with Gasteiger partial charge in [0.1, 0.15) is 0 Å². The van der Waals surface area contributed by atoms with Gasteiger partial charge in [-0.2, -0.15) is 0 Å². The Hall–Kier alpha value is -0.120. The van der Waals surface area contributed by atoms with Gasteiger partial charge in [0.25, 0.3) is 0 Å². The molecule has 0 radical (unpaired) electrons. The molecule has 3 heteroatoms. The van der Waals surface area contributed by atoms with Crippen LogP contribution in [0.5, 0.6) is 0 Å². The standard InChI is InChI=1S/C16H33N3/c1-5-19(13(2)11-18(3)4)12-15-10-14-8-6-7-9-16(14)17-15/h13-17H,5-12H2,1-4H3. The molecule has 3 nitrogen and oxygen atoms in total. The summed E-state index contributed by atoms with van der Waals surface area (Å²) < 4.78 is 0. The van der Waals surface area contributed by atoms with Gasteiger partial charge in [-0.05, 0) is 52.7 Å². The first-order valence-electron chi connectivity index (χ1n) is 8.25. The van der Waals surface area contributed by atoms with Crippen molar-refractivity contribution in [1.29, 1.82) is 0 Å². The second kappa shape index (κ2) is 7.05. The Morgan fingerprint density at radius 1 is 1.21 bits per heavy atom. The van der Waals surface area contributed by atoms with Crippen molar-refractivity contribution in [2.45, 2.75) is 64.1 Å². The summed E-state index contributed by atoms with van der Waals surface area (Å²) in [6.07, 6.45) is 7.20. The molecule has 0 aromatic heterocycles. The van der Waals surface area contributed by atoms with E-state index in [-0.39, 0.29) is 0 Å². The SMILES string of the molecule is CCN(CC1CC2CCCCC2N1)C(C)CN(C)C. The molecule has 1 saturated heterocycles. The molecule has 0 amide bonds. The molecule has 2 rings (SSSR count). The van der Waals surface area contributed by atoms with Gasteiger partial charge in [-0.25, -0.2) is 0 Å². The quantitative estimate of drug-likeness (QED) is 0.796. The van der Waals surface area contributed by atoms with Crippen LogP contribution in [0.2, 0.25) is 0 Å². The van der Waals surface area contributed by atoms with E-state index in [4.69, 9.17) is 0 Å². The zero-order valence-corrected chi connectivity index (χ0v) is 13.4. The van der Waals surface area contributed by atoms with Crippen molar-refractivity contribution in [2.75, 3.05) is 33.7 Å². The lowest BCUT2D eigenvalue weighted by Crippen LogP contribution is -2.46. The van der Waals surface area contributed by atoms with Crippen molar-refractivity contribution >= 4 is 0 Å². The summed E-state index contributed by atoms with van der Waals surface area (Å²) in [6.45, 7) is 8.23. The van der Waals surface area contributed by atoms with Gasteiger partial charge < -0.3 is 10.2 Å². The fourth-order valence-electron chi connectivity index (χ4n) is 4.12. The van der Waals surface area contributed by atoms with Gasteiger partial charge in [0.05, 0.1) is 0 Å². The topological polar surface area (TPSA) is 18.5 Å². The van der Waals surface area contributed by atoms with Crippen LogP contribution in [-0.2, 0) is 0 Å². The highest BCUT2D eigenvalue weighted by atomic mass is 15.2. The van der Waals surface area contributed by atoms with E-state index in [9.17, 15) is 0 Å². The Morgan fingerprint density at radius 3 is 2.58 bits per heavy atom. The van der Waals surface area contributed by atoms with E-state index in [1.165, 1.54) is 45.2 Å². The van der Waals surface area contributed by atoms with Crippen molar-refractivity contribution in [3.05, 3.63) is 0 Å². The lowest BCUT2D eigenvalue weighted by molar-refractivity contribution is 0.167. The third-order valence-electron chi connectivity index (χ3n) is 5.06. The smallest absolute Gasteiger partial charge is 0.0201 e. The van der Waals surface area contributed by atoms with Crippen LogP contribution in [0.4, 0.5) is 0 Å². The molecular formula is C16H33N3. The minimum atomic E-state index is 0.657. The molecule has 0 aromatic rings. The predicted molar refractivity (Wildman–Crippen MR) is 82.5 cm³/mol. The number of likely N-dealkylation sites (N-methyl/N-ethyl adjacent to an activating group) is 2. The summed E-state index contributed by atoms with van der Waals surface area (Å²) in [5, 5.41) is 3.91. The van der Waals surface area contributed by atoms with Crippen molar-refractivity contribution in [2.24, 2.45) is 5.92 Å². The first-order chi connectivity index (χ1) is 9.10. The number of nitrogens with one attached hydrogen (secondary N) is 1. The lowest BCUT2D eigenvalue weighted by Gasteiger charge is -2.32. The van der Waals surface area contributed by atoms with Gasteiger partial charge >= 0.3 is 0 Å². The Bertz CT molecular complexity index is 253. The highest BCUT2D eigenvalue weighted by Crippen LogP contribution is 2.33. The van der Waals surface area contributed by atoms with Crippen LogP contribution in [0.1, 0.15) is 46.0 Å². The third-order valence-corrected chi connectivity index (χ3v) is 5.06. The molecule has 1 N–H and O–H groups in total. The first-order valence-corrected chi connectivity index (χ1v) is 8.25. The van der Waals surface area contributed by atoms with E-state index in [0.717, 1.165) is 24.5 Å². The van der Waals surface area contributed by atoms with Crippen LogP contribution in [0.15, 0.2) is 0 Å². The van der Waals surface area contributed by atoms with E-state index in [0.29, 0.717) is 6.04 Å². The average Bonchev–Trinajstić information content (AvgIpc) is 2.77. The zero-order valence-electron chi connectivity index (χ0n) is 13.4. The second-order valence-electron chi connectivity index (χ2n) is 6.95. The first kappa shape index (κ1) is 15.3. The van der Waals surface area contributed by atoms with E-state index in [2.05, 4.69) is 43.1 Å². The Morgan fingerprint density at radius 2 is 1.95 bits per heavy atom. The molecule has 112 valence electrons. The molecule has 4 unspecified atom stereocenters. The molecule has 1 aliphatic carbocycles. The van der Waals surface area contributed by atoms with Gasteiger partial charge in [-0.3, -0.25) is 4.90 Å². The highest BCUT2D eigenvalue weighted by molar-refractivity contribution is 4.94. The molecule has 2 fully saturated rings. The minimum Gasteiger partial charge on any atom is -0.310 e. The fraction of sp³-hybridized carbons (Fsp3) is 1.00. The normalized spacial score (nSPS) is 32.8. The summed E-state index contributed by atoms with van der Waals surface area (Å²) in [5.74, 6) is 0.974. The van der Waals surface area contributed by atoms with Gasteiger partial charge in [0, 0.05) is 31.2 Å². The van der Waals surface area contributed by atoms with E-state index in [1.807, 2.05) is 0 Å². The number of nitrogens with zero attached hydrogens (tertiary/aromatic N) is 2. The molecule has 0 bridgehead atoms. The van der Waals surface area contributed by atoms with Gasteiger partial charge in [-0.15, -0.1) is 0 Å². The molecule has 1 aliphatic heterocycles. The highest BCUT2D eigenvalue weighted by Gasteiger charge is 2.35. The number of rotatable bonds is 6. The van der Waals surface area contributed by atoms with Crippen LogP contribution < -0.4 is 5.32 Å². The van der Waals surface area contributed by atoms with E-state index in [1.54, 1.807) is 0 Å². The van der Waals surface area contributed by atoms with Crippen LogP contribution in [0.25, 0.3) is 0 Å². The summed E-state index contributed by atoms with van der Waals surface area (Å²) in [5.41, 5.74) is 0. The zero-order chi connectivity index (χ0) is 13.8. The summed E-state index contributed by atoms with van der Waals surface area (Å²) >= 11 is 0. The predicted octanol–water partition coefficient (Wildman–Crippen LogP) is 2.18. The van der Waals surface area contributed by atoms with Gasteiger partial charge in [0.15, 0.2) is 0 Å². The maximum absolute atomic E-state index is 3.91. The van der Waals surface area contributed by atoms with Crippen LogP contribution >= 0.6 is 0 Å². The Kier molecular flexibility index (Phi) is 5.67. The molecule has 19 heavy (non-hydrogen) atoms. The van der Waals surface area contributed by atoms with Crippen LogP contribution in [0, 0.1) is 5.92 Å². The maximum Gasteiger partial charge on any atom is 0.0201 e. The van der Waals surface area contributed by atoms with Crippen molar-refractivity contribution in [1.82, 2.24) is 15.1 Å². The van der Waals surface area contributed by atoms with Crippen LogP contribution in [0.3, 0.4) is 0 Å². The Balaban J connectivity index is 1.82. The van der Waals surface area contributed by atoms with Crippen molar-refractivity contribution in [3.63, 3.8) is 0 Å². The van der Waals surface area contributed by atoms with Crippen molar-refractivity contribution in [3.8, 4) is 0 Å². The summed E-state index contributed by atoms with van der Waals surface area (Å²) in [4.78, 5) is 4.95. The van der Waals surface area contributed by atoms with Crippen molar-refractivity contribution < 1.29 is 0 Å². The van der Waals surface area contributed by atoms with Crippen LogP contribution in [-0.4, -0.2) is 61.7 Å². The monoisotopic (exact) mass is 267 g/mol. The molecule has 1 heterocycles. The second-order valence-corrected chi connectivity index (χ2v) is 6.95. The lowest BCUT2D eigenvalue weighted by atomic mass is 9.85. The van der Waals surface area contributed by atoms with Gasteiger partial charge in [-0.1, -0.05) is 19.8 Å². The number of hydrogen-bond acceptors (Lipinski definition) is 3. The van der Waals surface area contributed by atoms with E-state index < -0.39 is 0 Å². The molecule has 4 atom stereocenters. The number of fused-ring (bicyclic) bond motifs is 1. The number of hydrogen-bond donors (Lipinski definition) is 1. The van der Waals surface area contributed by atoms with Gasteiger partial charge in [0.2, 0.25) is 0 Å². The summed E-state index contributed by atoms with van der Waals surface area (Å²) in [7, 11) is 4.35. The maximum atomic E-state index is 3.91. The molecular weight excluding hydrogens is 234 g/mol. The third kappa shape index (κ3) is 4.17.